The topological polar surface area (TPSA) is 81.4 Å². The SMILES string of the molecule is Cc1ccc(-c2cnc(CCC(=O)OCC(=O)Nc3ccc(Cl)cc3F)o2)cc1. The molecular formula is C21H18ClFN2O4. The number of amides is 1. The highest BCUT2D eigenvalue weighted by Crippen LogP contribution is 2.21. The third kappa shape index (κ3) is 5.89. The second-order valence-electron chi connectivity index (χ2n) is 6.32. The van der Waals surface area contributed by atoms with Gasteiger partial charge in [0.15, 0.2) is 18.3 Å². The lowest BCUT2D eigenvalue weighted by molar-refractivity contribution is -0.147. The Morgan fingerprint density at radius 2 is 1.97 bits per heavy atom. The molecule has 6 nitrogen and oxygen atoms in total. The molecule has 0 spiro atoms. The third-order valence-electron chi connectivity index (χ3n) is 4.00. The number of carbonyl (C=O) groups is 2. The number of esters is 1. The van der Waals surface area contributed by atoms with Crippen molar-refractivity contribution in [2.24, 2.45) is 0 Å². The Labute approximate surface area is 171 Å². The third-order valence-corrected chi connectivity index (χ3v) is 4.24. The summed E-state index contributed by atoms with van der Waals surface area (Å²) in [5.41, 5.74) is 1.99. The second kappa shape index (κ2) is 9.34. The summed E-state index contributed by atoms with van der Waals surface area (Å²) in [5, 5.41) is 2.52. The first kappa shape index (κ1) is 20.5. The van der Waals surface area contributed by atoms with Crippen LogP contribution in [0, 0.1) is 12.7 Å². The molecule has 0 unspecified atom stereocenters. The van der Waals surface area contributed by atoms with Crippen LogP contribution in [0.1, 0.15) is 17.9 Å². The van der Waals surface area contributed by atoms with Crippen LogP contribution in [0.4, 0.5) is 10.1 Å². The summed E-state index contributed by atoms with van der Waals surface area (Å²) in [5.74, 6) is -0.919. The molecule has 1 amide bonds. The van der Waals surface area contributed by atoms with Gasteiger partial charge in [0.05, 0.1) is 18.3 Å². The normalized spacial score (nSPS) is 10.6. The van der Waals surface area contributed by atoms with E-state index < -0.39 is 24.3 Å². The van der Waals surface area contributed by atoms with Gasteiger partial charge in [-0.15, -0.1) is 0 Å². The van der Waals surface area contributed by atoms with E-state index in [2.05, 4.69) is 10.3 Å². The molecule has 29 heavy (non-hydrogen) atoms. The van der Waals surface area contributed by atoms with E-state index in [4.69, 9.17) is 20.8 Å². The largest absolute Gasteiger partial charge is 0.456 e. The zero-order chi connectivity index (χ0) is 20.8. The number of benzene rings is 2. The molecule has 3 aromatic rings. The van der Waals surface area contributed by atoms with Crippen LogP contribution in [0.5, 0.6) is 0 Å². The number of nitrogens with one attached hydrogen (secondary N) is 1. The summed E-state index contributed by atoms with van der Waals surface area (Å²) in [6, 6.07) is 11.6. The molecule has 0 radical (unpaired) electrons. The van der Waals surface area contributed by atoms with Crippen molar-refractivity contribution in [3.05, 3.63) is 71.0 Å². The number of nitrogens with zero attached hydrogens (tertiary/aromatic N) is 1. The minimum atomic E-state index is -0.676. The maximum atomic E-state index is 13.6. The van der Waals surface area contributed by atoms with E-state index >= 15 is 0 Å². The predicted octanol–water partition coefficient (Wildman–Crippen LogP) is 4.56. The lowest BCUT2D eigenvalue weighted by Crippen LogP contribution is -2.21. The number of oxazole rings is 1. The molecule has 1 aromatic heterocycles. The molecule has 8 heteroatoms. The van der Waals surface area contributed by atoms with Gasteiger partial charge in [-0.1, -0.05) is 41.4 Å². The summed E-state index contributed by atoms with van der Waals surface area (Å²) in [6.07, 6.45) is 1.83. The number of hydrogen-bond acceptors (Lipinski definition) is 5. The fourth-order valence-corrected chi connectivity index (χ4v) is 2.64. The highest BCUT2D eigenvalue weighted by molar-refractivity contribution is 6.30. The number of aromatic nitrogens is 1. The molecule has 0 aliphatic rings. The molecule has 1 N–H and O–H groups in total. The maximum absolute atomic E-state index is 13.6. The number of ether oxygens (including phenoxy) is 1. The Kier molecular flexibility index (Phi) is 6.61. The average Bonchev–Trinajstić information content (AvgIpc) is 3.16. The minimum Gasteiger partial charge on any atom is -0.456 e. The number of anilines is 1. The van der Waals surface area contributed by atoms with Gasteiger partial charge in [0.25, 0.3) is 5.91 Å². The van der Waals surface area contributed by atoms with Gasteiger partial charge in [0.2, 0.25) is 0 Å². The molecule has 150 valence electrons. The summed E-state index contributed by atoms with van der Waals surface area (Å²) in [4.78, 5) is 27.8. The van der Waals surface area contributed by atoms with Crippen molar-refractivity contribution in [2.75, 3.05) is 11.9 Å². The van der Waals surface area contributed by atoms with Crippen LogP contribution in [0.15, 0.2) is 53.1 Å². The Morgan fingerprint density at radius 1 is 1.21 bits per heavy atom. The number of aryl methyl sites for hydroxylation is 2. The molecular weight excluding hydrogens is 399 g/mol. The molecule has 0 saturated heterocycles. The van der Waals surface area contributed by atoms with Crippen molar-refractivity contribution in [3.63, 3.8) is 0 Å². The van der Waals surface area contributed by atoms with Crippen molar-refractivity contribution in [2.45, 2.75) is 19.8 Å². The van der Waals surface area contributed by atoms with Crippen LogP contribution in [-0.2, 0) is 20.7 Å². The molecule has 0 aliphatic heterocycles. The average molecular weight is 417 g/mol. The highest BCUT2D eigenvalue weighted by atomic mass is 35.5. The monoisotopic (exact) mass is 416 g/mol. The number of hydrogen-bond donors (Lipinski definition) is 1. The summed E-state index contributed by atoms with van der Waals surface area (Å²) in [7, 11) is 0. The Balaban J connectivity index is 1.44. The molecule has 0 atom stereocenters. The molecule has 0 bridgehead atoms. The van der Waals surface area contributed by atoms with E-state index in [0.29, 0.717) is 11.7 Å². The summed E-state index contributed by atoms with van der Waals surface area (Å²) >= 11 is 5.65. The Morgan fingerprint density at radius 3 is 2.69 bits per heavy atom. The zero-order valence-corrected chi connectivity index (χ0v) is 16.3. The zero-order valence-electron chi connectivity index (χ0n) is 15.6. The second-order valence-corrected chi connectivity index (χ2v) is 6.75. The van der Waals surface area contributed by atoms with E-state index in [0.717, 1.165) is 17.2 Å². The Bertz CT molecular complexity index is 1020. The summed E-state index contributed by atoms with van der Waals surface area (Å²) < 4.78 is 24.2. The predicted molar refractivity (Wildman–Crippen MR) is 106 cm³/mol. The van der Waals surface area contributed by atoms with Gasteiger partial charge in [-0.3, -0.25) is 9.59 Å². The highest BCUT2D eigenvalue weighted by Gasteiger charge is 2.13. The first-order valence-corrected chi connectivity index (χ1v) is 9.21. The van der Waals surface area contributed by atoms with Crippen molar-refractivity contribution in [3.8, 4) is 11.3 Å². The van der Waals surface area contributed by atoms with Crippen LogP contribution >= 0.6 is 11.6 Å². The first-order chi connectivity index (χ1) is 13.9. The molecule has 1 heterocycles. The van der Waals surface area contributed by atoms with Crippen molar-refractivity contribution in [1.29, 1.82) is 0 Å². The molecule has 2 aromatic carbocycles. The van der Waals surface area contributed by atoms with Gasteiger partial charge in [-0.05, 0) is 25.1 Å². The lowest BCUT2D eigenvalue weighted by Gasteiger charge is -2.07. The van der Waals surface area contributed by atoms with Crippen LogP contribution in [-0.4, -0.2) is 23.5 Å². The van der Waals surface area contributed by atoms with E-state index in [-0.39, 0.29) is 23.6 Å². The van der Waals surface area contributed by atoms with Gasteiger partial charge >= 0.3 is 5.97 Å². The smallest absolute Gasteiger partial charge is 0.306 e. The fourth-order valence-electron chi connectivity index (χ4n) is 2.48. The van der Waals surface area contributed by atoms with Crippen molar-refractivity contribution in [1.82, 2.24) is 4.98 Å². The molecule has 0 fully saturated rings. The summed E-state index contributed by atoms with van der Waals surface area (Å²) in [6.45, 7) is 1.47. The fraction of sp³-hybridized carbons (Fsp3) is 0.190. The Hall–Kier alpha value is -3.19. The van der Waals surface area contributed by atoms with Crippen molar-refractivity contribution >= 4 is 29.2 Å². The van der Waals surface area contributed by atoms with E-state index in [9.17, 15) is 14.0 Å². The maximum Gasteiger partial charge on any atom is 0.306 e. The standard InChI is InChI=1S/C21H18ClFN2O4/c1-13-2-4-14(5-3-13)18-11-24-20(29-18)8-9-21(27)28-12-19(26)25-17-7-6-15(22)10-16(17)23/h2-7,10-11H,8-9,12H2,1H3,(H,25,26). The van der Waals surface area contributed by atoms with Crippen LogP contribution < -0.4 is 5.32 Å². The van der Waals surface area contributed by atoms with E-state index in [1.165, 1.54) is 12.1 Å². The van der Waals surface area contributed by atoms with Gasteiger partial charge in [0.1, 0.15) is 5.82 Å². The first-order valence-electron chi connectivity index (χ1n) is 8.83. The quantitative estimate of drug-likeness (QED) is 0.571. The van der Waals surface area contributed by atoms with Crippen LogP contribution in [0.2, 0.25) is 5.02 Å². The van der Waals surface area contributed by atoms with Gasteiger partial charge in [-0.25, -0.2) is 9.37 Å². The number of carbonyl (C=O) groups excluding carboxylic acids is 2. The van der Waals surface area contributed by atoms with Crippen molar-refractivity contribution < 1.29 is 23.1 Å². The van der Waals surface area contributed by atoms with E-state index in [1.807, 2.05) is 31.2 Å². The molecule has 0 saturated carbocycles. The van der Waals surface area contributed by atoms with E-state index in [1.54, 1.807) is 6.20 Å². The van der Waals surface area contributed by atoms with Gasteiger partial charge < -0.3 is 14.5 Å². The molecule has 3 rings (SSSR count). The number of rotatable bonds is 7. The van der Waals surface area contributed by atoms with Gasteiger partial charge in [0, 0.05) is 17.0 Å². The van der Waals surface area contributed by atoms with Crippen LogP contribution in [0.3, 0.4) is 0 Å². The minimum absolute atomic E-state index is 0.00353. The lowest BCUT2D eigenvalue weighted by atomic mass is 10.1. The number of halogens is 2. The van der Waals surface area contributed by atoms with Gasteiger partial charge in [-0.2, -0.15) is 0 Å². The van der Waals surface area contributed by atoms with Crippen LogP contribution in [0.25, 0.3) is 11.3 Å². The molecule has 0 aliphatic carbocycles.